The normalized spacial score (nSPS) is 16.4. The van der Waals surface area contributed by atoms with E-state index in [-0.39, 0.29) is 30.3 Å². The predicted octanol–water partition coefficient (Wildman–Crippen LogP) is 5.96. The molecule has 1 heterocycles. The van der Waals surface area contributed by atoms with E-state index in [1.807, 2.05) is 45.9 Å². The monoisotopic (exact) mass is 556 g/mol. The Hall–Kier alpha value is -3.87. The summed E-state index contributed by atoms with van der Waals surface area (Å²) in [6, 6.07) is 10.8. The second-order valence-corrected chi connectivity index (χ2v) is 9.99. The molecule has 0 fully saturated rings. The van der Waals surface area contributed by atoms with E-state index in [1.165, 1.54) is 14.2 Å². The van der Waals surface area contributed by atoms with Gasteiger partial charge in [-0.3, -0.25) is 10.1 Å². The number of para-hydroxylation sites is 2. The van der Waals surface area contributed by atoms with Crippen LogP contribution in [-0.4, -0.2) is 51.1 Å². The molecule has 1 aliphatic heterocycles. The summed E-state index contributed by atoms with van der Waals surface area (Å²) in [7, 11) is 3.04. The maximum atomic E-state index is 12.0. The first-order valence-corrected chi connectivity index (χ1v) is 13.7. The van der Waals surface area contributed by atoms with Crippen LogP contribution in [0.5, 0.6) is 34.5 Å². The largest absolute Gasteiger partial charge is 0.490 e. The van der Waals surface area contributed by atoms with Gasteiger partial charge in [-0.05, 0) is 50.8 Å². The van der Waals surface area contributed by atoms with Crippen molar-refractivity contribution in [1.29, 1.82) is 5.26 Å². The minimum atomic E-state index is -1.03. The molecule has 1 aliphatic rings. The number of nitro groups is 1. The van der Waals surface area contributed by atoms with Crippen LogP contribution in [0.3, 0.4) is 0 Å². The van der Waals surface area contributed by atoms with Gasteiger partial charge in [0, 0.05) is 16.9 Å². The SMILES string of the molecule is CCOc1cc(C(C#N)(CCCC(CC2COc3ccccc3O2)[N+](=O)[O-])C(C)C)c(OCC)c(OC)c1OC. The summed E-state index contributed by atoms with van der Waals surface area (Å²) in [5.41, 5.74) is -0.410. The van der Waals surface area contributed by atoms with Gasteiger partial charge in [-0.1, -0.05) is 26.0 Å². The van der Waals surface area contributed by atoms with Crippen molar-refractivity contribution in [3.05, 3.63) is 46.0 Å². The highest BCUT2D eigenvalue weighted by Crippen LogP contribution is 2.53. The number of hydrogen-bond acceptors (Lipinski definition) is 9. The van der Waals surface area contributed by atoms with Gasteiger partial charge < -0.3 is 28.4 Å². The number of ether oxygens (including phenoxy) is 6. The van der Waals surface area contributed by atoms with Crippen molar-refractivity contribution < 1.29 is 33.3 Å². The third-order valence-corrected chi connectivity index (χ3v) is 7.33. The van der Waals surface area contributed by atoms with Crippen LogP contribution in [0.15, 0.2) is 30.3 Å². The van der Waals surface area contributed by atoms with Crippen molar-refractivity contribution in [1.82, 2.24) is 0 Å². The second kappa shape index (κ2) is 14.0. The van der Waals surface area contributed by atoms with E-state index >= 15 is 0 Å². The Morgan fingerprint density at radius 3 is 2.35 bits per heavy atom. The van der Waals surface area contributed by atoms with E-state index in [0.29, 0.717) is 66.1 Å². The van der Waals surface area contributed by atoms with E-state index in [4.69, 9.17) is 28.4 Å². The second-order valence-electron chi connectivity index (χ2n) is 9.99. The maximum absolute atomic E-state index is 12.0. The molecule has 3 atom stereocenters. The van der Waals surface area contributed by atoms with E-state index in [0.717, 1.165) is 0 Å². The minimum Gasteiger partial charge on any atom is -0.490 e. The molecule has 0 aromatic heterocycles. The van der Waals surface area contributed by atoms with Crippen molar-refractivity contribution in [3.63, 3.8) is 0 Å². The fourth-order valence-electron chi connectivity index (χ4n) is 5.25. The van der Waals surface area contributed by atoms with Crippen LogP contribution in [0, 0.1) is 27.4 Å². The molecule has 3 unspecified atom stereocenters. The van der Waals surface area contributed by atoms with Crippen LogP contribution in [0.25, 0.3) is 0 Å². The molecule has 0 aliphatic carbocycles. The standard InChI is InChI=1S/C30H40N2O8/c1-7-37-26-17-23(27(38-8-2)29(36-6)28(26)35-5)30(19-31,20(3)4)15-11-12-21(32(33)34)16-22-18-39-24-13-9-10-14-25(24)40-22/h9-10,13-14,17,20-22H,7-8,11-12,15-16,18H2,1-6H3. The Bertz CT molecular complexity index is 1190. The van der Waals surface area contributed by atoms with Gasteiger partial charge in [-0.15, -0.1) is 0 Å². The maximum Gasteiger partial charge on any atom is 0.216 e. The van der Waals surface area contributed by atoms with Crippen molar-refractivity contribution >= 4 is 0 Å². The van der Waals surface area contributed by atoms with Crippen LogP contribution in [0.2, 0.25) is 0 Å². The van der Waals surface area contributed by atoms with Gasteiger partial charge >= 0.3 is 0 Å². The molecule has 0 spiro atoms. The van der Waals surface area contributed by atoms with E-state index in [9.17, 15) is 15.4 Å². The van der Waals surface area contributed by atoms with Gasteiger partial charge in [-0.25, -0.2) is 0 Å². The molecule has 2 aromatic rings. The average molecular weight is 557 g/mol. The highest BCUT2D eigenvalue weighted by atomic mass is 16.6. The third-order valence-electron chi connectivity index (χ3n) is 7.33. The van der Waals surface area contributed by atoms with Gasteiger partial charge in [0.1, 0.15) is 12.7 Å². The first-order chi connectivity index (χ1) is 19.3. The summed E-state index contributed by atoms with van der Waals surface area (Å²) in [4.78, 5) is 11.8. The Kier molecular flexibility index (Phi) is 10.7. The van der Waals surface area contributed by atoms with Gasteiger partial charge in [0.25, 0.3) is 0 Å². The molecule has 10 heteroatoms. The van der Waals surface area contributed by atoms with Crippen molar-refractivity contribution in [2.24, 2.45) is 5.92 Å². The molecule has 2 aromatic carbocycles. The number of nitrogens with zero attached hydrogens (tertiary/aromatic N) is 2. The molecule has 40 heavy (non-hydrogen) atoms. The number of benzene rings is 2. The van der Waals surface area contributed by atoms with E-state index in [2.05, 4.69) is 6.07 Å². The van der Waals surface area contributed by atoms with Crippen LogP contribution in [0.1, 0.15) is 58.9 Å². The molecule has 0 bridgehead atoms. The molecule has 0 N–H and O–H groups in total. The Morgan fingerprint density at radius 1 is 1.10 bits per heavy atom. The van der Waals surface area contributed by atoms with Crippen LogP contribution < -0.4 is 28.4 Å². The quantitative estimate of drug-likeness (QED) is 0.193. The summed E-state index contributed by atoms with van der Waals surface area (Å²) < 4.78 is 34.9. The van der Waals surface area contributed by atoms with Gasteiger partial charge in [0.2, 0.25) is 17.5 Å². The van der Waals surface area contributed by atoms with E-state index < -0.39 is 17.6 Å². The molecule has 0 radical (unpaired) electrons. The molecular weight excluding hydrogens is 516 g/mol. The van der Waals surface area contributed by atoms with Crippen molar-refractivity contribution in [2.75, 3.05) is 34.0 Å². The zero-order valence-electron chi connectivity index (χ0n) is 24.2. The molecule has 3 rings (SSSR count). The zero-order chi connectivity index (χ0) is 29.3. The Balaban J connectivity index is 1.89. The number of hydrogen-bond donors (Lipinski definition) is 0. The first-order valence-electron chi connectivity index (χ1n) is 13.7. The minimum absolute atomic E-state index is 0.148. The first kappa shape index (κ1) is 30.7. The number of rotatable bonds is 15. The summed E-state index contributed by atoms with van der Waals surface area (Å²) in [6.45, 7) is 8.62. The van der Waals surface area contributed by atoms with Crippen LogP contribution in [0.4, 0.5) is 0 Å². The fourth-order valence-corrected chi connectivity index (χ4v) is 5.25. The summed E-state index contributed by atoms with van der Waals surface area (Å²) in [5.74, 6) is 2.67. The van der Waals surface area contributed by atoms with Crippen LogP contribution >= 0.6 is 0 Å². The number of methoxy groups -OCH3 is 2. The van der Waals surface area contributed by atoms with Crippen molar-refractivity contribution in [3.8, 4) is 40.6 Å². The lowest BCUT2D eigenvalue weighted by Gasteiger charge is -2.34. The third kappa shape index (κ3) is 6.46. The lowest BCUT2D eigenvalue weighted by molar-refractivity contribution is -0.526. The van der Waals surface area contributed by atoms with Gasteiger partial charge in [0.15, 0.2) is 23.0 Å². The number of fused-ring (bicyclic) bond motifs is 1. The fraction of sp³-hybridized carbons (Fsp3) is 0.567. The smallest absolute Gasteiger partial charge is 0.216 e. The van der Waals surface area contributed by atoms with Crippen LogP contribution in [-0.2, 0) is 5.41 Å². The Labute approximate surface area is 236 Å². The average Bonchev–Trinajstić information content (AvgIpc) is 2.95. The highest BCUT2D eigenvalue weighted by Gasteiger charge is 2.42. The molecule has 218 valence electrons. The Morgan fingerprint density at radius 2 is 1.77 bits per heavy atom. The van der Waals surface area contributed by atoms with E-state index in [1.54, 1.807) is 12.1 Å². The lowest BCUT2D eigenvalue weighted by Crippen LogP contribution is -2.36. The number of nitriles is 1. The summed E-state index contributed by atoms with van der Waals surface area (Å²) >= 11 is 0. The molecule has 0 saturated heterocycles. The molecule has 10 nitrogen and oxygen atoms in total. The molecule has 0 saturated carbocycles. The predicted molar refractivity (Wildman–Crippen MR) is 150 cm³/mol. The summed E-state index contributed by atoms with van der Waals surface area (Å²) in [5, 5.41) is 22.7. The topological polar surface area (TPSA) is 122 Å². The van der Waals surface area contributed by atoms with Gasteiger partial charge in [-0.2, -0.15) is 5.26 Å². The highest BCUT2D eigenvalue weighted by molar-refractivity contribution is 5.65. The lowest BCUT2D eigenvalue weighted by atomic mass is 9.69. The van der Waals surface area contributed by atoms with Gasteiger partial charge in [0.05, 0.1) is 45.3 Å². The molecule has 0 amide bonds. The summed E-state index contributed by atoms with van der Waals surface area (Å²) in [6.07, 6.45) is 0.862. The van der Waals surface area contributed by atoms with Crippen molar-refractivity contribution in [2.45, 2.75) is 70.9 Å². The zero-order valence-corrected chi connectivity index (χ0v) is 24.2. The molecular formula is C30H40N2O8.